The van der Waals surface area contributed by atoms with Gasteiger partial charge in [0.25, 0.3) is 0 Å². The van der Waals surface area contributed by atoms with E-state index in [2.05, 4.69) is 6.08 Å². The van der Waals surface area contributed by atoms with Gasteiger partial charge in [0.2, 0.25) is 0 Å². The normalized spacial score (nSPS) is 39.4. The summed E-state index contributed by atoms with van der Waals surface area (Å²) < 4.78 is 16.7. The van der Waals surface area contributed by atoms with Gasteiger partial charge in [-0.25, -0.2) is 4.79 Å². The minimum Gasteiger partial charge on any atom is -0.460 e. The fourth-order valence-corrected chi connectivity index (χ4v) is 4.33. The van der Waals surface area contributed by atoms with Crippen LogP contribution in [0.25, 0.3) is 0 Å². The highest BCUT2D eigenvalue weighted by Gasteiger charge is 2.44. The van der Waals surface area contributed by atoms with Crippen LogP contribution in [0.3, 0.4) is 0 Å². The minimum atomic E-state index is -1.56. The first-order valence-electron chi connectivity index (χ1n) is 14.1. The maximum atomic E-state index is 12.1. The summed E-state index contributed by atoms with van der Waals surface area (Å²) in [5.41, 5.74) is 0. The Bertz CT molecular complexity index is 865. The van der Waals surface area contributed by atoms with Crippen molar-refractivity contribution in [3.8, 4) is 0 Å². The molecule has 9 atom stereocenters. The Morgan fingerprint density at radius 1 is 0.850 bits per heavy atom. The Hall–Kier alpha value is -2.15. The van der Waals surface area contributed by atoms with Gasteiger partial charge in [0.15, 0.2) is 6.29 Å². The number of carbonyl (C=O) groups excluding carboxylic acids is 1. The molecule has 2 rings (SSSR count). The van der Waals surface area contributed by atoms with Crippen molar-refractivity contribution in [2.24, 2.45) is 0 Å². The van der Waals surface area contributed by atoms with E-state index < -0.39 is 61.6 Å². The van der Waals surface area contributed by atoms with Crippen LogP contribution in [0.15, 0.2) is 60.8 Å². The molecule has 226 valence electrons. The number of hydrogen-bond acceptors (Lipinski definition) is 10. The van der Waals surface area contributed by atoms with E-state index in [0.29, 0.717) is 25.7 Å². The SMILES string of the molecule is CC1CCC/C=C/CC[C@H](O)C[C@@H](O)C/C=C\C=C\[C@@H](O[C@@H]2O[C@H](CO)[C@@H](O)[C@H](O)[C@H]2O)C/C=C/C=CC(=O)O1. The lowest BCUT2D eigenvalue weighted by atomic mass is 9.99. The van der Waals surface area contributed by atoms with E-state index in [0.717, 1.165) is 19.3 Å². The fourth-order valence-electron chi connectivity index (χ4n) is 4.33. The van der Waals surface area contributed by atoms with Gasteiger partial charge < -0.3 is 44.8 Å². The molecule has 0 aliphatic carbocycles. The molecule has 0 amide bonds. The van der Waals surface area contributed by atoms with Crippen LogP contribution in [0.2, 0.25) is 0 Å². The minimum absolute atomic E-state index is 0.224. The first kappa shape index (κ1) is 34.1. The van der Waals surface area contributed by atoms with Crippen LogP contribution < -0.4 is 0 Å². The van der Waals surface area contributed by atoms with Gasteiger partial charge in [-0.15, -0.1) is 0 Å². The second-order valence-electron chi connectivity index (χ2n) is 10.2. The van der Waals surface area contributed by atoms with Gasteiger partial charge in [-0.1, -0.05) is 54.7 Å². The summed E-state index contributed by atoms with van der Waals surface area (Å²) in [5.74, 6) is -0.447. The molecule has 0 spiro atoms. The largest absolute Gasteiger partial charge is 0.460 e. The molecule has 0 aromatic carbocycles. The van der Waals surface area contributed by atoms with Gasteiger partial charge in [-0.2, -0.15) is 0 Å². The third-order valence-electron chi connectivity index (χ3n) is 6.66. The van der Waals surface area contributed by atoms with Gasteiger partial charge in [-0.3, -0.25) is 0 Å². The van der Waals surface area contributed by atoms with E-state index in [4.69, 9.17) is 14.2 Å². The Balaban J connectivity index is 2.10. The summed E-state index contributed by atoms with van der Waals surface area (Å²) >= 11 is 0. The molecule has 0 aromatic heterocycles. The highest BCUT2D eigenvalue weighted by atomic mass is 16.7. The Labute approximate surface area is 236 Å². The summed E-state index contributed by atoms with van der Waals surface area (Å²) in [5, 5.41) is 60.3. The molecule has 2 aliphatic heterocycles. The predicted octanol–water partition coefficient (Wildman–Crippen LogP) is 1.74. The molecule has 0 aromatic rings. The lowest BCUT2D eigenvalue weighted by molar-refractivity contribution is -0.307. The van der Waals surface area contributed by atoms with Crippen LogP contribution in [-0.2, 0) is 19.0 Å². The quantitative estimate of drug-likeness (QED) is 0.219. The zero-order valence-corrected chi connectivity index (χ0v) is 23.1. The summed E-state index contributed by atoms with van der Waals surface area (Å²) in [6, 6.07) is 0. The highest BCUT2D eigenvalue weighted by molar-refractivity contribution is 5.82. The average Bonchev–Trinajstić information content (AvgIpc) is 2.91. The maximum absolute atomic E-state index is 12.1. The van der Waals surface area contributed by atoms with E-state index in [1.807, 2.05) is 13.0 Å². The number of rotatable bonds is 3. The second kappa shape index (κ2) is 19.1. The lowest BCUT2D eigenvalue weighted by Crippen LogP contribution is -2.59. The first-order chi connectivity index (χ1) is 19.2. The number of carbonyl (C=O) groups is 1. The standard InChI is InChI=1S/C30H46O10/c1-21-13-7-3-2-4-8-14-22(32)19-23(33)15-9-5-10-16-24(17-11-6-12-18-26(34)38-21)39-30-29(37)28(36)27(35)25(20-31)40-30/h2,4-6,9-12,16,18,21-25,27-33,35-37H,3,7-8,13-15,17,19-20H2,1H3/b4-2+,9-5-,11-6+,16-10+,18-12?/t21?,22-,23-,24+,25+,27+,28-,29+,30+/m0/s1. The van der Waals surface area contributed by atoms with E-state index >= 15 is 0 Å². The van der Waals surface area contributed by atoms with E-state index in [9.17, 15) is 35.4 Å². The number of aliphatic hydroxyl groups is 6. The van der Waals surface area contributed by atoms with E-state index in [-0.39, 0.29) is 12.5 Å². The monoisotopic (exact) mass is 566 g/mol. The lowest BCUT2D eigenvalue weighted by Gasteiger charge is -2.40. The van der Waals surface area contributed by atoms with Crippen LogP contribution in [0.5, 0.6) is 0 Å². The zero-order valence-electron chi connectivity index (χ0n) is 23.1. The molecule has 2 heterocycles. The Kier molecular flexibility index (Phi) is 16.2. The molecule has 0 radical (unpaired) electrons. The van der Waals surface area contributed by atoms with Crippen molar-refractivity contribution in [3.63, 3.8) is 0 Å². The smallest absolute Gasteiger partial charge is 0.331 e. The van der Waals surface area contributed by atoms with Gasteiger partial charge in [0.1, 0.15) is 24.4 Å². The van der Waals surface area contributed by atoms with Gasteiger partial charge in [0, 0.05) is 6.08 Å². The maximum Gasteiger partial charge on any atom is 0.331 e. The van der Waals surface area contributed by atoms with Gasteiger partial charge in [0.05, 0.1) is 31.0 Å². The Morgan fingerprint density at radius 2 is 1.57 bits per heavy atom. The summed E-state index contributed by atoms with van der Waals surface area (Å²) in [6.07, 6.45) is 12.7. The average molecular weight is 567 g/mol. The molecule has 0 saturated carbocycles. The number of esters is 1. The van der Waals surface area contributed by atoms with Crippen molar-refractivity contribution in [1.82, 2.24) is 0 Å². The molecule has 1 saturated heterocycles. The van der Waals surface area contributed by atoms with Gasteiger partial charge in [-0.05, 0) is 58.3 Å². The predicted molar refractivity (Wildman–Crippen MR) is 149 cm³/mol. The second-order valence-corrected chi connectivity index (χ2v) is 10.2. The van der Waals surface area contributed by atoms with Crippen molar-refractivity contribution in [2.45, 2.75) is 113 Å². The zero-order chi connectivity index (χ0) is 29.3. The number of allylic oxidation sites excluding steroid dienone is 6. The van der Waals surface area contributed by atoms with E-state index in [1.165, 1.54) is 6.08 Å². The van der Waals surface area contributed by atoms with Crippen molar-refractivity contribution in [1.29, 1.82) is 0 Å². The van der Waals surface area contributed by atoms with Crippen molar-refractivity contribution in [2.75, 3.05) is 6.61 Å². The Morgan fingerprint density at radius 3 is 2.35 bits per heavy atom. The van der Waals surface area contributed by atoms with Crippen LogP contribution in [0.4, 0.5) is 0 Å². The summed E-state index contributed by atoms with van der Waals surface area (Å²) in [6.45, 7) is 1.28. The first-order valence-corrected chi connectivity index (χ1v) is 14.1. The fraction of sp³-hybridized carbons (Fsp3) is 0.633. The van der Waals surface area contributed by atoms with E-state index in [1.54, 1.807) is 42.5 Å². The summed E-state index contributed by atoms with van der Waals surface area (Å²) in [7, 11) is 0. The highest BCUT2D eigenvalue weighted by Crippen LogP contribution is 2.24. The van der Waals surface area contributed by atoms with Crippen molar-refractivity contribution < 1.29 is 49.6 Å². The molecule has 0 bridgehead atoms. The van der Waals surface area contributed by atoms with Crippen LogP contribution >= 0.6 is 0 Å². The molecule has 2 aliphatic rings. The topological polar surface area (TPSA) is 166 Å². The third-order valence-corrected chi connectivity index (χ3v) is 6.66. The molecule has 10 nitrogen and oxygen atoms in total. The molecule has 1 unspecified atom stereocenters. The van der Waals surface area contributed by atoms with Crippen LogP contribution in [0, 0.1) is 0 Å². The van der Waals surface area contributed by atoms with Crippen LogP contribution in [-0.4, -0.2) is 98.3 Å². The third kappa shape index (κ3) is 13.0. The summed E-state index contributed by atoms with van der Waals surface area (Å²) in [4.78, 5) is 12.1. The molecular weight excluding hydrogens is 520 g/mol. The molecule has 40 heavy (non-hydrogen) atoms. The molecule has 1 fully saturated rings. The number of aliphatic hydroxyl groups excluding tert-OH is 6. The number of ether oxygens (including phenoxy) is 3. The molecular formula is C30H46O10. The van der Waals surface area contributed by atoms with Crippen LogP contribution in [0.1, 0.15) is 58.3 Å². The van der Waals surface area contributed by atoms with Crippen molar-refractivity contribution in [3.05, 3.63) is 60.8 Å². The number of hydrogen-bond donors (Lipinski definition) is 6. The molecule has 6 N–H and O–H groups in total. The van der Waals surface area contributed by atoms with Gasteiger partial charge >= 0.3 is 5.97 Å². The number of cyclic esters (lactones) is 1. The molecule has 10 heteroatoms. The van der Waals surface area contributed by atoms with Crippen molar-refractivity contribution >= 4 is 5.97 Å².